The molecule has 0 saturated carbocycles. The van der Waals surface area contributed by atoms with Gasteiger partial charge in [-0.3, -0.25) is 0 Å². The van der Waals surface area contributed by atoms with Crippen LogP contribution in [0.5, 0.6) is 0 Å². The fourth-order valence-corrected chi connectivity index (χ4v) is 8.10. The van der Waals surface area contributed by atoms with Crippen molar-refractivity contribution in [1.82, 2.24) is 14.6 Å². The molecule has 0 aliphatic carbocycles. The zero-order chi connectivity index (χ0) is 36.3. The van der Waals surface area contributed by atoms with Crippen LogP contribution in [0.1, 0.15) is 0 Å². The van der Waals surface area contributed by atoms with Crippen LogP contribution in [-0.4, -0.2) is 14.6 Å². The summed E-state index contributed by atoms with van der Waals surface area (Å²) in [6.07, 6.45) is 1.91. The third kappa shape index (κ3) is 5.17. The normalized spacial score (nSPS) is 11.6. The highest BCUT2D eigenvalue weighted by Crippen LogP contribution is 2.48. The molecule has 0 N–H and O–H groups in total. The number of fused-ring (bicyclic) bond motifs is 6. The fourth-order valence-electron chi connectivity index (χ4n) is 8.10. The summed E-state index contributed by atoms with van der Waals surface area (Å²) in [7, 11) is 0. The van der Waals surface area contributed by atoms with Gasteiger partial charge in [-0.25, -0.2) is 9.50 Å². The van der Waals surface area contributed by atoms with Gasteiger partial charge in [0.2, 0.25) is 0 Å². The maximum absolute atomic E-state index is 6.62. The maximum Gasteiger partial charge on any atom is 0.182 e. The molecule has 0 spiro atoms. The average Bonchev–Trinajstić information content (AvgIpc) is 3.86. The molecule has 8 aromatic carbocycles. The van der Waals surface area contributed by atoms with E-state index in [1.165, 1.54) is 38.2 Å². The Morgan fingerprint density at radius 1 is 0.418 bits per heavy atom. The molecule has 3 heterocycles. The number of nitrogens with zero attached hydrogens (tertiary/aromatic N) is 4. The van der Waals surface area contributed by atoms with Gasteiger partial charge in [0.05, 0.1) is 5.69 Å². The molecular weight excluding hydrogens is 673 g/mol. The second-order valence-electron chi connectivity index (χ2n) is 13.9. The van der Waals surface area contributed by atoms with Gasteiger partial charge in [-0.05, 0) is 93.7 Å². The van der Waals surface area contributed by atoms with E-state index in [2.05, 4.69) is 169 Å². The van der Waals surface area contributed by atoms with Gasteiger partial charge in [-0.15, -0.1) is 5.10 Å². The van der Waals surface area contributed by atoms with E-state index < -0.39 is 0 Å². The highest BCUT2D eigenvalue weighted by molar-refractivity contribution is 6.23. The van der Waals surface area contributed by atoms with Gasteiger partial charge in [0.1, 0.15) is 11.2 Å². The smallest absolute Gasteiger partial charge is 0.182 e. The number of para-hydroxylation sites is 1. The lowest BCUT2D eigenvalue weighted by atomic mass is 9.89. The third-order valence-corrected chi connectivity index (χ3v) is 10.6. The van der Waals surface area contributed by atoms with Crippen LogP contribution in [0.4, 0.5) is 17.1 Å². The van der Waals surface area contributed by atoms with E-state index in [-0.39, 0.29) is 0 Å². The van der Waals surface area contributed by atoms with Crippen molar-refractivity contribution in [3.8, 4) is 33.6 Å². The fraction of sp³-hybridized carbons (Fsp3) is 0. The van der Waals surface area contributed by atoms with E-state index in [9.17, 15) is 0 Å². The Morgan fingerprint density at radius 3 is 1.62 bits per heavy atom. The predicted octanol–water partition coefficient (Wildman–Crippen LogP) is 13.4. The Balaban J connectivity index is 1.09. The van der Waals surface area contributed by atoms with Crippen LogP contribution < -0.4 is 4.90 Å². The van der Waals surface area contributed by atoms with E-state index in [0.717, 1.165) is 55.8 Å². The lowest BCUT2D eigenvalue weighted by Crippen LogP contribution is -2.11. The zero-order valence-electron chi connectivity index (χ0n) is 29.7. The van der Waals surface area contributed by atoms with Crippen molar-refractivity contribution >= 4 is 66.2 Å². The summed E-state index contributed by atoms with van der Waals surface area (Å²) < 4.78 is 8.42. The minimum atomic E-state index is 0.670. The number of aromatic nitrogens is 3. The first-order chi connectivity index (χ1) is 27.3. The maximum atomic E-state index is 6.62. The Labute approximate surface area is 317 Å². The molecule has 258 valence electrons. The Bertz CT molecular complexity index is 3110. The van der Waals surface area contributed by atoms with Crippen molar-refractivity contribution < 1.29 is 4.42 Å². The van der Waals surface area contributed by atoms with E-state index in [1.807, 2.05) is 30.5 Å². The largest absolute Gasteiger partial charge is 0.456 e. The van der Waals surface area contributed by atoms with Gasteiger partial charge >= 0.3 is 0 Å². The Hall–Kier alpha value is -7.50. The molecule has 0 fully saturated rings. The Kier molecular flexibility index (Phi) is 7.10. The average molecular weight is 705 g/mol. The van der Waals surface area contributed by atoms with Crippen molar-refractivity contribution in [2.24, 2.45) is 0 Å². The molecule has 3 aromatic heterocycles. The second kappa shape index (κ2) is 12.6. The first kappa shape index (κ1) is 31.1. The lowest BCUT2D eigenvalue weighted by molar-refractivity contribution is 0.669. The number of furan rings is 1. The van der Waals surface area contributed by atoms with Crippen LogP contribution in [0.15, 0.2) is 199 Å². The number of rotatable bonds is 6. The third-order valence-electron chi connectivity index (χ3n) is 10.6. The second-order valence-corrected chi connectivity index (χ2v) is 13.9. The summed E-state index contributed by atoms with van der Waals surface area (Å²) in [5, 5.41) is 11.5. The number of benzene rings is 8. The van der Waals surface area contributed by atoms with Crippen molar-refractivity contribution in [2.75, 3.05) is 4.90 Å². The molecule has 0 unspecified atom stereocenters. The molecule has 11 rings (SSSR count). The van der Waals surface area contributed by atoms with Crippen LogP contribution in [0.3, 0.4) is 0 Å². The van der Waals surface area contributed by atoms with E-state index in [1.54, 1.807) is 4.52 Å². The first-order valence-electron chi connectivity index (χ1n) is 18.5. The van der Waals surface area contributed by atoms with Gasteiger partial charge in [0.25, 0.3) is 0 Å². The molecule has 5 heteroatoms. The van der Waals surface area contributed by atoms with Crippen molar-refractivity contribution in [3.05, 3.63) is 194 Å². The number of anilines is 3. The molecule has 11 aromatic rings. The molecule has 0 saturated heterocycles. The highest BCUT2D eigenvalue weighted by Gasteiger charge is 2.23. The predicted molar refractivity (Wildman–Crippen MR) is 226 cm³/mol. The van der Waals surface area contributed by atoms with Gasteiger partial charge in [0, 0.05) is 44.7 Å². The number of pyridine rings is 1. The van der Waals surface area contributed by atoms with Gasteiger partial charge in [-0.1, -0.05) is 127 Å². The Morgan fingerprint density at radius 2 is 0.945 bits per heavy atom. The molecule has 0 atom stereocenters. The molecule has 0 aliphatic rings. The van der Waals surface area contributed by atoms with Crippen LogP contribution >= 0.6 is 0 Å². The number of hydrogen-bond acceptors (Lipinski definition) is 4. The molecule has 5 nitrogen and oxygen atoms in total. The minimum absolute atomic E-state index is 0.670. The van der Waals surface area contributed by atoms with Crippen LogP contribution in [-0.2, 0) is 0 Å². The summed E-state index contributed by atoms with van der Waals surface area (Å²) in [5.74, 6) is 0.670. The van der Waals surface area contributed by atoms with Crippen molar-refractivity contribution in [1.29, 1.82) is 0 Å². The van der Waals surface area contributed by atoms with Gasteiger partial charge < -0.3 is 9.32 Å². The first-order valence-corrected chi connectivity index (χ1v) is 18.5. The van der Waals surface area contributed by atoms with Gasteiger partial charge in [-0.2, -0.15) is 0 Å². The molecule has 0 aliphatic heterocycles. The molecule has 0 radical (unpaired) electrons. The van der Waals surface area contributed by atoms with Crippen LogP contribution in [0.25, 0.3) is 82.8 Å². The summed E-state index contributed by atoms with van der Waals surface area (Å²) in [5.41, 5.74) is 11.4. The van der Waals surface area contributed by atoms with E-state index in [0.29, 0.717) is 5.82 Å². The van der Waals surface area contributed by atoms with Crippen LogP contribution in [0.2, 0.25) is 0 Å². The molecule has 0 bridgehead atoms. The topological polar surface area (TPSA) is 46.6 Å². The highest BCUT2D eigenvalue weighted by atomic mass is 16.3. The quantitative estimate of drug-likeness (QED) is 0.162. The summed E-state index contributed by atoms with van der Waals surface area (Å²) >= 11 is 0. The zero-order valence-corrected chi connectivity index (χ0v) is 29.7. The molecular formula is C50H32N4O. The monoisotopic (exact) mass is 704 g/mol. The molecule has 0 amide bonds. The summed E-state index contributed by atoms with van der Waals surface area (Å²) in [4.78, 5) is 7.14. The van der Waals surface area contributed by atoms with Crippen molar-refractivity contribution in [2.45, 2.75) is 0 Å². The number of hydrogen-bond donors (Lipinski definition) is 0. The van der Waals surface area contributed by atoms with E-state index in [4.69, 9.17) is 14.5 Å². The van der Waals surface area contributed by atoms with Gasteiger partial charge in [0.15, 0.2) is 11.5 Å². The standard InChI is InChI=1S/C50H32N4O/c1-3-13-33(14-4-1)34-22-26-38(27-23-34)54(37-15-5-2-6-16-37)49-43-19-9-7-17-41(43)48(42-18-8-10-20-44(42)49)35-24-28-39-40-29-25-36(32-46(40)55-45(39)31-35)50-51-47-21-11-12-30-53(47)52-50/h1-32H. The minimum Gasteiger partial charge on any atom is -0.456 e. The van der Waals surface area contributed by atoms with Crippen LogP contribution in [0, 0.1) is 0 Å². The lowest BCUT2D eigenvalue weighted by Gasteiger charge is -2.29. The summed E-state index contributed by atoms with van der Waals surface area (Å²) in [6.45, 7) is 0. The van der Waals surface area contributed by atoms with Crippen molar-refractivity contribution in [3.63, 3.8) is 0 Å². The SMILES string of the molecule is c1ccc(-c2ccc(N(c3ccccc3)c3c4ccccc4c(-c4ccc5c(c4)oc4cc(-c6nc7ccccn7n6)ccc45)c4ccccc34)cc2)cc1. The van der Waals surface area contributed by atoms with E-state index >= 15 is 0 Å². The molecule has 55 heavy (non-hydrogen) atoms. The summed E-state index contributed by atoms with van der Waals surface area (Å²) in [6, 6.07) is 66.5.